The van der Waals surface area contributed by atoms with Crippen LogP contribution in [0.4, 0.5) is 0 Å². The minimum atomic E-state index is 0.763. The van der Waals surface area contributed by atoms with E-state index in [0.717, 1.165) is 21.1 Å². The topological polar surface area (TPSA) is 9.23 Å². The molecule has 2 rings (SSSR count). The van der Waals surface area contributed by atoms with Crippen LogP contribution in [0.15, 0.2) is 35.7 Å². The quantitative estimate of drug-likeness (QED) is 0.743. The zero-order valence-electron chi connectivity index (χ0n) is 8.24. The van der Waals surface area contributed by atoms with Crippen molar-refractivity contribution in [1.82, 2.24) is 0 Å². The van der Waals surface area contributed by atoms with Gasteiger partial charge in [0.05, 0.1) is 0 Å². The van der Waals surface area contributed by atoms with Crippen LogP contribution in [0, 0.1) is 6.92 Å². The van der Waals surface area contributed by atoms with Gasteiger partial charge in [0.15, 0.2) is 5.06 Å². The number of halogens is 1. The van der Waals surface area contributed by atoms with Crippen LogP contribution in [-0.4, -0.2) is 7.48 Å². The standard InChI is InChI=1S/C11H9BClOS/c1-8-4-5-9(7-10(8)13)12-14-11-3-2-6-15-11/h2-7H,1H3. The van der Waals surface area contributed by atoms with Crippen LogP contribution in [0.2, 0.25) is 5.02 Å². The van der Waals surface area contributed by atoms with Gasteiger partial charge in [0.25, 0.3) is 0 Å². The number of thiophene rings is 1. The Morgan fingerprint density at radius 1 is 1.33 bits per heavy atom. The molecule has 0 N–H and O–H groups in total. The van der Waals surface area contributed by atoms with Gasteiger partial charge in [0.2, 0.25) is 0 Å². The number of hydrogen-bond donors (Lipinski definition) is 0. The highest BCUT2D eigenvalue weighted by molar-refractivity contribution is 7.12. The number of rotatable bonds is 3. The van der Waals surface area contributed by atoms with Crippen molar-refractivity contribution < 1.29 is 4.65 Å². The Kier molecular flexibility index (Phi) is 3.34. The third kappa shape index (κ3) is 2.77. The van der Waals surface area contributed by atoms with Crippen molar-refractivity contribution in [2.75, 3.05) is 0 Å². The summed E-state index contributed by atoms with van der Waals surface area (Å²) in [6.45, 7) is 1.98. The first-order valence-electron chi connectivity index (χ1n) is 4.55. The van der Waals surface area contributed by atoms with Gasteiger partial charge >= 0.3 is 7.48 Å². The van der Waals surface area contributed by atoms with E-state index >= 15 is 0 Å². The average molecular weight is 236 g/mol. The maximum Gasteiger partial charge on any atom is 0.409 e. The Bertz CT molecular complexity index is 442. The number of aryl methyl sites for hydroxylation is 1. The molecule has 0 amide bonds. The van der Waals surface area contributed by atoms with E-state index in [1.165, 1.54) is 0 Å². The summed E-state index contributed by atoms with van der Waals surface area (Å²) in [4.78, 5) is 0. The van der Waals surface area contributed by atoms with Crippen molar-refractivity contribution in [3.63, 3.8) is 0 Å². The summed E-state index contributed by atoms with van der Waals surface area (Å²) in [6.07, 6.45) is 0. The van der Waals surface area contributed by atoms with Gasteiger partial charge in [-0.2, -0.15) is 0 Å². The molecule has 0 spiro atoms. The first-order valence-corrected chi connectivity index (χ1v) is 5.81. The molecule has 75 valence electrons. The van der Waals surface area contributed by atoms with E-state index < -0.39 is 0 Å². The lowest BCUT2D eigenvalue weighted by atomic mass is 9.87. The maximum atomic E-state index is 6.00. The van der Waals surface area contributed by atoms with Crippen molar-refractivity contribution >= 4 is 35.9 Å². The molecular weight excluding hydrogens is 226 g/mol. The Balaban J connectivity index is 2.02. The summed E-state index contributed by atoms with van der Waals surface area (Å²) in [6, 6.07) is 9.73. The van der Waals surface area contributed by atoms with Crippen LogP contribution in [0.25, 0.3) is 0 Å². The third-order valence-electron chi connectivity index (χ3n) is 2.00. The second kappa shape index (κ2) is 4.73. The Morgan fingerprint density at radius 3 is 2.87 bits per heavy atom. The lowest BCUT2D eigenvalue weighted by molar-refractivity contribution is 0.623. The molecule has 2 aromatic rings. The molecule has 0 saturated carbocycles. The summed E-state index contributed by atoms with van der Waals surface area (Å²) in [5.41, 5.74) is 2.05. The van der Waals surface area contributed by atoms with Crippen LogP contribution < -0.4 is 10.1 Å². The van der Waals surface area contributed by atoms with Crippen LogP contribution in [0.3, 0.4) is 0 Å². The number of hydrogen-bond acceptors (Lipinski definition) is 2. The van der Waals surface area contributed by atoms with Gasteiger partial charge in [0.1, 0.15) is 0 Å². The van der Waals surface area contributed by atoms with Gasteiger partial charge in [-0.3, -0.25) is 0 Å². The molecule has 1 aromatic heterocycles. The lowest BCUT2D eigenvalue weighted by Crippen LogP contribution is -2.19. The molecular formula is C11H9BClOS. The van der Waals surface area contributed by atoms with Crippen LogP contribution in [-0.2, 0) is 0 Å². The predicted octanol–water partition coefficient (Wildman–Crippen LogP) is 3.03. The van der Waals surface area contributed by atoms with Gasteiger partial charge < -0.3 is 4.65 Å². The highest BCUT2D eigenvalue weighted by Crippen LogP contribution is 2.17. The SMILES string of the molecule is Cc1ccc([B]Oc2cccs2)cc1Cl. The summed E-state index contributed by atoms with van der Waals surface area (Å²) < 4.78 is 5.46. The molecule has 0 atom stereocenters. The van der Waals surface area contributed by atoms with Crippen LogP contribution in [0.5, 0.6) is 5.06 Å². The van der Waals surface area contributed by atoms with Crippen molar-refractivity contribution in [3.8, 4) is 5.06 Å². The molecule has 0 fully saturated rings. The van der Waals surface area contributed by atoms with E-state index in [2.05, 4.69) is 0 Å². The molecule has 1 nitrogen and oxygen atoms in total. The minimum Gasteiger partial charge on any atom is -0.551 e. The lowest BCUT2D eigenvalue weighted by Gasteiger charge is -2.03. The summed E-state index contributed by atoms with van der Waals surface area (Å²) in [7, 11) is 1.71. The monoisotopic (exact) mass is 235 g/mol. The number of benzene rings is 1. The van der Waals surface area contributed by atoms with Crippen LogP contribution >= 0.6 is 22.9 Å². The third-order valence-corrected chi connectivity index (χ3v) is 3.17. The molecule has 1 aromatic carbocycles. The fourth-order valence-electron chi connectivity index (χ4n) is 1.14. The van der Waals surface area contributed by atoms with E-state index in [9.17, 15) is 0 Å². The minimum absolute atomic E-state index is 0.763. The highest BCUT2D eigenvalue weighted by Gasteiger charge is 2.03. The summed E-state index contributed by atoms with van der Waals surface area (Å²) >= 11 is 7.56. The van der Waals surface area contributed by atoms with E-state index in [1.54, 1.807) is 18.8 Å². The van der Waals surface area contributed by atoms with E-state index in [4.69, 9.17) is 16.3 Å². The molecule has 0 aliphatic carbocycles. The van der Waals surface area contributed by atoms with E-state index in [-0.39, 0.29) is 0 Å². The fraction of sp³-hybridized carbons (Fsp3) is 0.0909. The highest BCUT2D eigenvalue weighted by atomic mass is 35.5. The zero-order chi connectivity index (χ0) is 10.7. The van der Waals surface area contributed by atoms with Crippen molar-refractivity contribution in [2.45, 2.75) is 6.92 Å². The van der Waals surface area contributed by atoms with Gasteiger partial charge in [-0.25, -0.2) is 0 Å². The van der Waals surface area contributed by atoms with Gasteiger partial charge in [-0.05, 0) is 41.5 Å². The average Bonchev–Trinajstić information content (AvgIpc) is 2.73. The first kappa shape index (κ1) is 10.6. The molecule has 0 aliphatic rings. The molecule has 0 bridgehead atoms. The molecule has 0 saturated heterocycles. The summed E-state index contributed by atoms with van der Waals surface area (Å²) in [5.74, 6) is 0. The predicted molar refractivity (Wildman–Crippen MR) is 66.5 cm³/mol. The molecule has 0 aliphatic heterocycles. The Hall–Kier alpha value is -0.925. The Morgan fingerprint density at radius 2 is 2.20 bits per heavy atom. The fourth-order valence-corrected chi connectivity index (χ4v) is 1.88. The smallest absolute Gasteiger partial charge is 0.409 e. The van der Waals surface area contributed by atoms with Gasteiger partial charge in [0, 0.05) is 5.02 Å². The molecule has 1 heterocycles. The van der Waals surface area contributed by atoms with Crippen molar-refractivity contribution in [3.05, 3.63) is 46.3 Å². The largest absolute Gasteiger partial charge is 0.551 e. The van der Waals surface area contributed by atoms with E-state index in [1.807, 2.05) is 42.6 Å². The van der Waals surface area contributed by atoms with Crippen molar-refractivity contribution in [1.29, 1.82) is 0 Å². The molecule has 4 heteroatoms. The molecule has 0 unspecified atom stereocenters. The first-order chi connectivity index (χ1) is 7.25. The zero-order valence-corrected chi connectivity index (χ0v) is 9.81. The van der Waals surface area contributed by atoms with Crippen LogP contribution in [0.1, 0.15) is 5.56 Å². The van der Waals surface area contributed by atoms with Crippen molar-refractivity contribution in [2.24, 2.45) is 0 Å². The second-order valence-corrected chi connectivity index (χ2v) is 4.49. The molecule has 15 heavy (non-hydrogen) atoms. The summed E-state index contributed by atoms with van der Waals surface area (Å²) in [5, 5.41) is 3.62. The maximum absolute atomic E-state index is 6.00. The van der Waals surface area contributed by atoms with Gasteiger partial charge in [-0.15, -0.1) is 11.3 Å². The Labute approximate surface area is 98.9 Å². The second-order valence-electron chi connectivity index (χ2n) is 3.18. The molecule has 1 radical (unpaired) electrons. The normalized spacial score (nSPS) is 10.0. The van der Waals surface area contributed by atoms with Gasteiger partial charge in [-0.1, -0.05) is 23.7 Å². The van der Waals surface area contributed by atoms with E-state index in [0.29, 0.717) is 0 Å².